The van der Waals surface area contributed by atoms with Crippen LogP contribution in [0.2, 0.25) is 0 Å². The van der Waals surface area contributed by atoms with Crippen molar-refractivity contribution < 1.29 is 4.42 Å². The van der Waals surface area contributed by atoms with Gasteiger partial charge in [0.05, 0.1) is 12.8 Å². The molecule has 0 fully saturated rings. The molecule has 0 bridgehead atoms. The summed E-state index contributed by atoms with van der Waals surface area (Å²) in [5, 5.41) is 0. The summed E-state index contributed by atoms with van der Waals surface area (Å²) in [5.41, 5.74) is 8.01. The Morgan fingerprint density at radius 3 is 2.82 bits per heavy atom. The second kappa shape index (κ2) is 5.38. The molecule has 0 atom stereocenters. The SMILES string of the molecule is CN(Cc1ccco1)c1ccc(Br)cc1CN. The maximum Gasteiger partial charge on any atom is 0.123 e. The lowest BCUT2D eigenvalue weighted by Gasteiger charge is -2.21. The zero-order chi connectivity index (χ0) is 12.3. The van der Waals surface area contributed by atoms with Crippen molar-refractivity contribution in [2.24, 2.45) is 5.73 Å². The Kier molecular flexibility index (Phi) is 3.86. The van der Waals surface area contributed by atoms with Crippen LogP contribution in [0.3, 0.4) is 0 Å². The number of nitrogens with two attached hydrogens (primary N) is 1. The summed E-state index contributed by atoms with van der Waals surface area (Å²) in [7, 11) is 2.03. The van der Waals surface area contributed by atoms with E-state index in [9.17, 15) is 0 Å². The van der Waals surface area contributed by atoms with E-state index in [0.29, 0.717) is 6.54 Å². The summed E-state index contributed by atoms with van der Waals surface area (Å²) in [5.74, 6) is 0.943. The molecule has 4 heteroatoms. The first-order chi connectivity index (χ1) is 8.20. The van der Waals surface area contributed by atoms with E-state index < -0.39 is 0 Å². The number of nitrogens with zero attached hydrogens (tertiary/aromatic N) is 1. The molecule has 2 aromatic rings. The summed E-state index contributed by atoms with van der Waals surface area (Å²) >= 11 is 3.45. The van der Waals surface area contributed by atoms with Crippen LogP contribution in [0.4, 0.5) is 5.69 Å². The lowest BCUT2D eigenvalue weighted by Crippen LogP contribution is -2.18. The fourth-order valence-electron chi connectivity index (χ4n) is 1.81. The van der Waals surface area contributed by atoms with Gasteiger partial charge in [-0.2, -0.15) is 0 Å². The highest BCUT2D eigenvalue weighted by atomic mass is 79.9. The lowest BCUT2D eigenvalue weighted by molar-refractivity contribution is 0.507. The van der Waals surface area contributed by atoms with Gasteiger partial charge in [-0.1, -0.05) is 15.9 Å². The molecule has 0 saturated heterocycles. The highest BCUT2D eigenvalue weighted by Gasteiger charge is 2.08. The van der Waals surface area contributed by atoms with Crippen molar-refractivity contribution in [3.05, 3.63) is 52.4 Å². The van der Waals surface area contributed by atoms with Crippen molar-refractivity contribution in [2.45, 2.75) is 13.1 Å². The van der Waals surface area contributed by atoms with E-state index in [1.807, 2.05) is 31.3 Å². The topological polar surface area (TPSA) is 42.4 Å². The first kappa shape index (κ1) is 12.2. The van der Waals surface area contributed by atoms with Crippen molar-refractivity contribution in [1.29, 1.82) is 0 Å². The fourth-order valence-corrected chi connectivity index (χ4v) is 2.22. The first-order valence-corrected chi connectivity index (χ1v) is 6.22. The Labute approximate surface area is 109 Å². The smallest absolute Gasteiger partial charge is 0.123 e. The molecular weight excluding hydrogens is 280 g/mol. The molecule has 1 aromatic carbocycles. The standard InChI is InChI=1S/C13H15BrN2O/c1-16(9-12-3-2-6-17-12)13-5-4-11(14)7-10(13)8-15/h2-7H,8-9,15H2,1H3. The third-order valence-corrected chi connectivity index (χ3v) is 3.14. The second-order valence-electron chi connectivity index (χ2n) is 3.91. The minimum atomic E-state index is 0.525. The monoisotopic (exact) mass is 294 g/mol. The molecule has 0 aliphatic heterocycles. The lowest BCUT2D eigenvalue weighted by atomic mass is 10.1. The Hall–Kier alpha value is -1.26. The van der Waals surface area contributed by atoms with Crippen LogP contribution < -0.4 is 10.6 Å². The number of halogens is 1. The highest BCUT2D eigenvalue weighted by molar-refractivity contribution is 9.10. The second-order valence-corrected chi connectivity index (χ2v) is 4.83. The van der Waals surface area contributed by atoms with Crippen molar-refractivity contribution in [3.63, 3.8) is 0 Å². The maximum absolute atomic E-state index is 5.76. The van der Waals surface area contributed by atoms with E-state index in [-0.39, 0.29) is 0 Å². The number of anilines is 1. The van der Waals surface area contributed by atoms with Crippen LogP contribution in [0, 0.1) is 0 Å². The number of rotatable bonds is 4. The van der Waals surface area contributed by atoms with Crippen LogP contribution in [0.25, 0.3) is 0 Å². The summed E-state index contributed by atoms with van der Waals surface area (Å²) in [4.78, 5) is 2.13. The molecule has 0 aliphatic rings. The highest BCUT2D eigenvalue weighted by Crippen LogP contribution is 2.24. The van der Waals surface area contributed by atoms with Crippen LogP contribution in [0.15, 0.2) is 45.5 Å². The Bertz CT molecular complexity index is 482. The molecule has 2 rings (SSSR count). The minimum Gasteiger partial charge on any atom is -0.467 e. The Balaban J connectivity index is 2.21. The van der Waals surface area contributed by atoms with Gasteiger partial charge < -0.3 is 15.1 Å². The van der Waals surface area contributed by atoms with Gasteiger partial charge in [0.25, 0.3) is 0 Å². The zero-order valence-corrected chi connectivity index (χ0v) is 11.3. The third-order valence-electron chi connectivity index (χ3n) is 2.65. The van der Waals surface area contributed by atoms with E-state index in [0.717, 1.165) is 28.0 Å². The molecular formula is C13H15BrN2O. The largest absolute Gasteiger partial charge is 0.467 e. The van der Waals surface area contributed by atoms with Gasteiger partial charge in [-0.05, 0) is 35.9 Å². The van der Waals surface area contributed by atoms with Gasteiger partial charge in [-0.3, -0.25) is 0 Å². The van der Waals surface area contributed by atoms with E-state index in [4.69, 9.17) is 10.2 Å². The van der Waals surface area contributed by atoms with Crippen LogP contribution in [-0.4, -0.2) is 7.05 Å². The van der Waals surface area contributed by atoms with E-state index in [1.54, 1.807) is 6.26 Å². The fraction of sp³-hybridized carbons (Fsp3) is 0.231. The zero-order valence-electron chi connectivity index (χ0n) is 9.69. The molecule has 2 N–H and O–H groups in total. The van der Waals surface area contributed by atoms with E-state index in [2.05, 4.69) is 26.9 Å². The van der Waals surface area contributed by atoms with Gasteiger partial charge in [0.1, 0.15) is 5.76 Å². The molecule has 90 valence electrons. The van der Waals surface area contributed by atoms with Crippen molar-refractivity contribution in [3.8, 4) is 0 Å². The van der Waals surface area contributed by atoms with E-state index in [1.165, 1.54) is 0 Å². The summed E-state index contributed by atoms with van der Waals surface area (Å²) in [6.45, 7) is 1.26. The first-order valence-electron chi connectivity index (χ1n) is 5.42. The Morgan fingerprint density at radius 1 is 1.35 bits per heavy atom. The molecule has 17 heavy (non-hydrogen) atoms. The molecule has 0 spiro atoms. The molecule has 0 aliphatic carbocycles. The molecule has 0 saturated carbocycles. The minimum absolute atomic E-state index is 0.525. The predicted octanol–water partition coefficient (Wildman–Crippen LogP) is 3.14. The molecule has 1 aromatic heterocycles. The Morgan fingerprint density at radius 2 is 2.18 bits per heavy atom. The van der Waals surface area contributed by atoms with Crippen LogP contribution >= 0.6 is 15.9 Å². The molecule has 1 heterocycles. The maximum atomic E-state index is 5.76. The molecule has 3 nitrogen and oxygen atoms in total. The summed E-state index contributed by atoms with van der Waals surface area (Å²) in [6, 6.07) is 10.0. The van der Waals surface area contributed by atoms with E-state index >= 15 is 0 Å². The molecule has 0 radical (unpaired) electrons. The van der Waals surface area contributed by atoms with Crippen molar-refractivity contribution in [1.82, 2.24) is 0 Å². The van der Waals surface area contributed by atoms with Crippen molar-refractivity contribution >= 4 is 21.6 Å². The summed E-state index contributed by atoms with van der Waals surface area (Å²) in [6.07, 6.45) is 1.69. The van der Waals surface area contributed by atoms with Gasteiger partial charge in [-0.15, -0.1) is 0 Å². The third kappa shape index (κ3) is 2.90. The average molecular weight is 295 g/mol. The van der Waals surface area contributed by atoms with Crippen LogP contribution in [-0.2, 0) is 13.1 Å². The normalized spacial score (nSPS) is 10.5. The number of benzene rings is 1. The quantitative estimate of drug-likeness (QED) is 0.942. The number of hydrogen-bond donors (Lipinski definition) is 1. The average Bonchev–Trinajstić information content (AvgIpc) is 2.81. The van der Waals surface area contributed by atoms with Gasteiger partial charge in [0, 0.05) is 23.8 Å². The van der Waals surface area contributed by atoms with Crippen molar-refractivity contribution in [2.75, 3.05) is 11.9 Å². The number of furan rings is 1. The van der Waals surface area contributed by atoms with Gasteiger partial charge >= 0.3 is 0 Å². The molecule has 0 unspecified atom stereocenters. The van der Waals surface area contributed by atoms with Crippen LogP contribution in [0.1, 0.15) is 11.3 Å². The predicted molar refractivity (Wildman–Crippen MR) is 72.8 cm³/mol. The van der Waals surface area contributed by atoms with Crippen LogP contribution in [0.5, 0.6) is 0 Å². The van der Waals surface area contributed by atoms with Gasteiger partial charge in [-0.25, -0.2) is 0 Å². The van der Waals surface area contributed by atoms with Gasteiger partial charge in [0.2, 0.25) is 0 Å². The van der Waals surface area contributed by atoms with Gasteiger partial charge in [0.15, 0.2) is 0 Å². The molecule has 0 amide bonds. The number of hydrogen-bond acceptors (Lipinski definition) is 3. The summed E-state index contributed by atoms with van der Waals surface area (Å²) < 4.78 is 6.39.